The second-order valence-corrected chi connectivity index (χ2v) is 3.93. The Bertz CT molecular complexity index is 404. The van der Waals surface area contributed by atoms with Crippen molar-refractivity contribution in [1.29, 1.82) is 0 Å². The van der Waals surface area contributed by atoms with Crippen LogP contribution >= 0.6 is 0 Å². The van der Waals surface area contributed by atoms with E-state index < -0.39 is 12.0 Å². The van der Waals surface area contributed by atoms with Crippen molar-refractivity contribution in [3.8, 4) is 0 Å². The fraction of sp³-hybridized carbons (Fsp3) is 0.500. The highest BCUT2D eigenvalue weighted by Gasteiger charge is 2.33. The number of nitrogens with zero attached hydrogens (tertiary/aromatic N) is 2. The number of carboxylic acids is 1. The minimum atomic E-state index is -0.945. The Morgan fingerprint density at radius 3 is 3.12 bits per heavy atom. The molecule has 1 aliphatic rings. The van der Waals surface area contributed by atoms with Gasteiger partial charge in [0.2, 0.25) is 0 Å². The van der Waals surface area contributed by atoms with Gasteiger partial charge in [0.15, 0.2) is 0 Å². The van der Waals surface area contributed by atoms with Gasteiger partial charge in [-0.1, -0.05) is 0 Å². The molecule has 0 radical (unpaired) electrons. The van der Waals surface area contributed by atoms with Gasteiger partial charge in [0.25, 0.3) is 0 Å². The number of urea groups is 1. The van der Waals surface area contributed by atoms with Crippen molar-refractivity contribution in [2.45, 2.75) is 25.4 Å². The van der Waals surface area contributed by atoms with Gasteiger partial charge >= 0.3 is 12.0 Å². The summed E-state index contributed by atoms with van der Waals surface area (Å²) in [6, 6.07) is -1.04. The normalized spacial score (nSPS) is 19.3. The van der Waals surface area contributed by atoms with E-state index in [1.165, 1.54) is 11.2 Å². The van der Waals surface area contributed by atoms with Crippen LogP contribution in [0.2, 0.25) is 0 Å². The monoisotopic (exact) mass is 238 g/mol. The second kappa shape index (κ2) is 4.86. The van der Waals surface area contributed by atoms with Crippen molar-refractivity contribution in [2.24, 2.45) is 0 Å². The number of likely N-dealkylation sites (tertiary alicyclic amines) is 1. The van der Waals surface area contributed by atoms with E-state index in [0.29, 0.717) is 19.5 Å². The SMILES string of the molecule is O=C(O)[C@@H]1CCCN1C(=O)NCc1cnc[nH]1. The number of rotatable bonds is 3. The number of aliphatic carboxylic acids is 1. The maximum absolute atomic E-state index is 11.8. The maximum atomic E-state index is 11.8. The average molecular weight is 238 g/mol. The number of nitrogens with one attached hydrogen (secondary N) is 2. The minimum absolute atomic E-state index is 0.321. The highest BCUT2D eigenvalue weighted by molar-refractivity contribution is 5.83. The van der Waals surface area contributed by atoms with Crippen LogP contribution in [0.1, 0.15) is 18.5 Å². The first-order chi connectivity index (χ1) is 8.18. The van der Waals surface area contributed by atoms with Crippen LogP contribution in [0.15, 0.2) is 12.5 Å². The summed E-state index contributed by atoms with van der Waals surface area (Å²) in [6.07, 6.45) is 4.39. The van der Waals surface area contributed by atoms with E-state index in [2.05, 4.69) is 15.3 Å². The summed E-state index contributed by atoms with van der Waals surface area (Å²) in [4.78, 5) is 30.7. The van der Waals surface area contributed by atoms with Gasteiger partial charge < -0.3 is 20.3 Å². The second-order valence-electron chi connectivity index (χ2n) is 3.93. The zero-order valence-electron chi connectivity index (χ0n) is 9.22. The molecule has 2 heterocycles. The standard InChI is InChI=1S/C10H14N4O3/c15-9(16)8-2-1-3-14(8)10(17)12-5-7-4-11-6-13-7/h4,6,8H,1-3,5H2,(H,11,13)(H,12,17)(H,15,16)/t8-/m0/s1. The summed E-state index contributed by atoms with van der Waals surface area (Å²) >= 11 is 0. The number of aromatic nitrogens is 2. The first kappa shape index (κ1) is 11.4. The molecule has 3 N–H and O–H groups in total. The molecule has 1 aromatic heterocycles. The summed E-state index contributed by atoms with van der Waals surface area (Å²) in [7, 11) is 0. The van der Waals surface area contributed by atoms with Gasteiger partial charge in [-0.3, -0.25) is 0 Å². The number of H-pyrrole nitrogens is 1. The molecule has 0 spiro atoms. The lowest BCUT2D eigenvalue weighted by Crippen LogP contribution is -2.45. The van der Waals surface area contributed by atoms with Crippen LogP contribution in [0.4, 0.5) is 4.79 Å². The third-order valence-corrected chi connectivity index (χ3v) is 2.78. The summed E-state index contributed by atoms with van der Waals surface area (Å²) in [6.45, 7) is 0.813. The van der Waals surface area contributed by atoms with Crippen molar-refractivity contribution >= 4 is 12.0 Å². The Labute approximate surface area is 97.8 Å². The number of hydrogen-bond acceptors (Lipinski definition) is 3. The molecule has 92 valence electrons. The van der Waals surface area contributed by atoms with E-state index in [-0.39, 0.29) is 6.03 Å². The highest BCUT2D eigenvalue weighted by Crippen LogP contribution is 2.17. The van der Waals surface area contributed by atoms with E-state index in [9.17, 15) is 9.59 Å². The molecular weight excluding hydrogens is 224 g/mol. The number of hydrogen-bond donors (Lipinski definition) is 3. The van der Waals surface area contributed by atoms with Crippen molar-refractivity contribution in [3.63, 3.8) is 0 Å². The summed E-state index contributed by atoms with van der Waals surface area (Å²) in [5.74, 6) is -0.945. The number of carbonyl (C=O) groups excluding carboxylic acids is 1. The van der Waals surface area contributed by atoms with Crippen LogP contribution in [0.3, 0.4) is 0 Å². The molecule has 0 aromatic carbocycles. The first-order valence-corrected chi connectivity index (χ1v) is 5.43. The fourth-order valence-corrected chi connectivity index (χ4v) is 1.92. The number of carbonyl (C=O) groups is 2. The van der Waals surface area contributed by atoms with Gasteiger partial charge in [-0.25, -0.2) is 14.6 Å². The molecule has 0 bridgehead atoms. The van der Waals surface area contributed by atoms with Gasteiger partial charge in [0, 0.05) is 12.7 Å². The third-order valence-electron chi connectivity index (χ3n) is 2.78. The Kier molecular flexibility index (Phi) is 3.27. The molecule has 0 aliphatic carbocycles. The lowest BCUT2D eigenvalue weighted by molar-refractivity contribution is -0.141. The lowest BCUT2D eigenvalue weighted by Gasteiger charge is -2.21. The van der Waals surface area contributed by atoms with E-state index >= 15 is 0 Å². The maximum Gasteiger partial charge on any atom is 0.326 e. The molecule has 7 heteroatoms. The van der Waals surface area contributed by atoms with Crippen molar-refractivity contribution in [3.05, 3.63) is 18.2 Å². The van der Waals surface area contributed by atoms with Crippen LogP contribution in [0.5, 0.6) is 0 Å². The van der Waals surface area contributed by atoms with E-state index in [1.807, 2.05) is 0 Å². The molecule has 1 aromatic rings. The molecule has 17 heavy (non-hydrogen) atoms. The quantitative estimate of drug-likeness (QED) is 0.699. The van der Waals surface area contributed by atoms with Crippen molar-refractivity contribution in [2.75, 3.05) is 6.54 Å². The summed E-state index contributed by atoms with van der Waals surface area (Å²) in [5.41, 5.74) is 0.782. The number of carboxylic acid groups (broad SMARTS) is 1. The molecule has 1 saturated heterocycles. The van der Waals surface area contributed by atoms with Crippen LogP contribution in [0.25, 0.3) is 0 Å². The van der Waals surface area contributed by atoms with Gasteiger partial charge in [0.1, 0.15) is 6.04 Å². The number of imidazole rings is 1. The van der Waals surface area contributed by atoms with Crippen LogP contribution in [-0.2, 0) is 11.3 Å². The highest BCUT2D eigenvalue weighted by atomic mass is 16.4. The number of aromatic amines is 1. The zero-order chi connectivity index (χ0) is 12.3. The zero-order valence-corrected chi connectivity index (χ0v) is 9.22. The van der Waals surface area contributed by atoms with Gasteiger partial charge in [0.05, 0.1) is 18.6 Å². The van der Waals surface area contributed by atoms with E-state index in [0.717, 1.165) is 12.1 Å². The summed E-state index contributed by atoms with van der Waals surface area (Å²) < 4.78 is 0. The fourth-order valence-electron chi connectivity index (χ4n) is 1.92. The largest absolute Gasteiger partial charge is 0.480 e. The molecule has 2 amide bonds. The topological polar surface area (TPSA) is 98.3 Å². The molecule has 1 fully saturated rings. The number of amides is 2. The Balaban J connectivity index is 1.89. The van der Waals surface area contributed by atoms with Gasteiger partial charge in [-0.2, -0.15) is 0 Å². The lowest BCUT2D eigenvalue weighted by atomic mass is 10.2. The predicted octanol–water partition coefficient (Wildman–Crippen LogP) is 0.168. The smallest absolute Gasteiger partial charge is 0.326 e. The molecule has 1 aliphatic heterocycles. The van der Waals surface area contributed by atoms with Crippen LogP contribution in [0, 0.1) is 0 Å². The van der Waals surface area contributed by atoms with Crippen molar-refractivity contribution < 1.29 is 14.7 Å². The van der Waals surface area contributed by atoms with Gasteiger partial charge in [-0.05, 0) is 12.8 Å². The molecule has 7 nitrogen and oxygen atoms in total. The molecule has 0 saturated carbocycles. The van der Waals surface area contributed by atoms with Crippen molar-refractivity contribution in [1.82, 2.24) is 20.2 Å². The molecular formula is C10H14N4O3. The first-order valence-electron chi connectivity index (χ1n) is 5.43. The minimum Gasteiger partial charge on any atom is -0.480 e. The summed E-state index contributed by atoms with van der Waals surface area (Å²) in [5, 5.41) is 11.6. The average Bonchev–Trinajstić information content (AvgIpc) is 2.96. The molecule has 2 rings (SSSR count). The van der Waals surface area contributed by atoms with Crippen LogP contribution < -0.4 is 5.32 Å². The van der Waals surface area contributed by atoms with E-state index in [4.69, 9.17) is 5.11 Å². The Hall–Kier alpha value is -2.05. The Morgan fingerprint density at radius 2 is 2.47 bits per heavy atom. The molecule has 1 atom stereocenters. The Morgan fingerprint density at radius 1 is 1.65 bits per heavy atom. The molecule has 0 unspecified atom stereocenters. The van der Waals surface area contributed by atoms with Crippen LogP contribution in [-0.4, -0.2) is 44.6 Å². The third kappa shape index (κ3) is 2.55. The van der Waals surface area contributed by atoms with E-state index in [1.54, 1.807) is 6.20 Å². The van der Waals surface area contributed by atoms with Gasteiger partial charge in [-0.15, -0.1) is 0 Å². The predicted molar refractivity (Wildman–Crippen MR) is 58.2 cm³/mol.